The molecule has 1 aliphatic carbocycles. The number of amides is 1. The number of carbonyl (C=O) groups is 2. The van der Waals surface area contributed by atoms with E-state index in [1.165, 1.54) is 11.0 Å². The molecule has 5 nitrogen and oxygen atoms in total. The number of ether oxygens (including phenoxy) is 1. The van der Waals surface area contributed by atoms with E-state index >= 15 is 0 Å². The fourth-order valence-electron chi connectivity index (χ4n) is 4.49. The second kappa shape index (κ2) is 5.48. The van der Waals surface area contributed by atoms with Gasteiger partial charge in [-0.3, -0.25) is 4.79 Å². The van der Waals surface area contributed by atoms with Gasteiger partial charge in [0.2, 0.25) is 5.91 Å². The second-order valence-corrected chi connectivity index (χ2v) is 7.60. The summed E-state index contributed by atoms with van der Waals surface area (Å²) in [6, 6.07) is 3.29. The van der Waals surface area contributed by atoms with Crippen molar-refractivity contribution in [2.45, 2.75) is 30.3 Å². The van der Waals surface area contributed by atoms with Crippen molar-refractivity contribution in [3.63, 3.8) is 0 Å². The highest BCUT2D eigenvalue weighted by molar-refractivity contribution is 6.02. The molecule has 140 valence electrons. The molecule has 1 atom stereocenters. The van der Waals surface area contributed by atoms with Crippen LogP contribution in [0.15, 0.2) is 41.6 Å². The molecule has 1 saturated carbocycles. The lowest BCUT2D eigenvalue weighted by Gasteiger charge is -2.29. The third-order valence-electron chi connectivity index (χ3n) is 6.04. The molecular weight excluding hydrogens is 354 g/mol. The predicted molar refractivity (Wildman–Crippen MR) is 91.5 cm³/mol. The fraction of sp³-hybridized carbons (Fsp3) is 0.400. The number of nitrogens with zero attached hydrogens (tertiary/aromatic N) is 1. The molecule has 1 aromatic rings. The Morgan fingerprint density at radius 3 is 2.70 bits per heavy atom. The third kappa shape index (κ3) is 2.24. The number of halogens is 2. The van der Waals surface area contributed by atoms with E-state index < -0.39 is 28.6 Å². The average molecular weight is 372 g/mol. The van der Waals surface area contributed by atoms with Crippen molar-refractivity contribution >= 4 is 11.9 Å². The molecule has 3 aliphatic heterocycles. The molecule has 1 aromatic carbocycles. The Morgan fingerprint density at radius 1 is 1.22 bits per heavy atom. The van der Waals surface area contributed by atoms with Crippen LogP contribution < -0.4 is 5.32 Å². The highest BCUT2D eigenvalue weighted by atomic mass is 19.1. The van der Waals surface area contributed by atoms with E-state index in [1.54, 1.807) is 0 Å². The minimum atomic E-state index is -1.04. The monoisotopic (exact) mass is 372 g/mol. The molecule has 0 radical (unpaired) electrons. The summed E-state index contributed by atoms with van der Waals surface area (Å²) in [4.78, 5) is 27.4. The van der Waals surface area contributed by atoms with Crippen molar-refractivity contribution in [3.8, 4) is 0 Å². The maximum Gasteiger partial charge on any atom is 0.356 e. The minimum absolute atomic E-state index is 0.189. The van der Waals surface area contributed by atoms with Crippen molar-refractivity contribution in [2.75, 3.05) is 19.6 Å². The number of rotatable bonds is 2. The van der Waals surface area contributed by atoms with Crippen LogP contribution in [0, 0.1) is 11.6 Å². The summed E-state index contributed by atoms with van der Waals surface area (Å²) in [5.74, 6) is -2.25. The van der Waals surface area contributed by atoms with Gasteiger partial charge in [0.25, 0.3) is 0 Å². The van der Waals surface area contributed by atoms with Gasteiger partial charge in [0, 0.05) is 36.7 Å². The van der Waals surface area contributed by atoms with Crippen molar-refractivity contribution in [1.82, 2.24) is 10.2 Å². The molecule has 4 aliphatic rings. The van der Waals surface area contributed by atoms with Gasteiger partial charge in [-0.15, -0.1) is 0 Å². The number of fused-ring (bicyclic) bond motifs is 1. The predicted octanol–water partition coefficient (Wildman–Crippen LogP) is 1.94. The zero-order chi connectivity index (χ0) is 18.8. The zero-order valence-electron chi connectivity index (χ0n) is 14.6. The van der Waals surface area contributed by atoms with Gasteiger partial charge in [-0.1, -0.05) is 18.2 Å². The quantitative estimate of drug-likeness (QED) is 0.806. The van der Waals surface area contributed by atoms with Crippen molar-refractivity contribution in [3.05, 3.63) is 58.8 Å². The van der Waals surface area contributed by atoms with Crippen LogP contribution >= 0.6 is 0 Å². The SMILES string of the molecule is O=C1OC2(CCNC2)C2=C1N(C(=O)C1(c3ccc(F)cc3F)CC1)CC=C2. The molecule has 1 saturated heterocycles. The highest BCUT2D eigenvalue weighted by Crippen LogP contribution is 2.52. The summed E-state index contributed by atoms with van der Waals surface area (Å²) in [5.41, 5.74) is -0.591. The molecule has 1 unspecified atom stereocenters. The standard InChI is InChI=1S/C20H18F2N2O3/c21-12-3-4-13(15(22)10-12)19(5-6-19)18(26)24-9-1-2-14-16(24)17(25)27-20(14)7-8-23-11-20/h1-4,10,23H,5-9,11H2. The molecule has 0 bridgehead atoms. The molecular formula is C20H18F2N2O3. The third-order valence-corrected chi connectivity index (χ3v) is 6.04. The summed E-state index contributed by atoms with van der Waals surface area (Å²) in [5, 5.41) is 3.20. The lowest BCUT2D eigenvalue weighted by atomic mass is 9.89. The van der Waals surface area contributed by atoms with E-state index in [9.17, 15) is 18.4 Å². The van der Waals surface area contributed by atoms with Gasteiger partial charge in [-0.05, 0) is 25.5 Å². The maximum absolute atomic E-state index is 14.4. The lowest BCUT2D eigenvalue weighted by molar-refractivity contribution is -0.149. The second-order valence-electron chi connectivity index (χ2n) is 7.60. The first-order chi connectivity index (χ1) is 13.0. The van der Waals surface area contributed by atoms with Crippen molar-refractivity contribution < 1.29 is 23.1 Å². The van der Waals surface area contributed by atoms with E-state index in [0.717, 1.165) is 18.7 Å². The topological polar surface area (TPSA) is 58.6 Å². The maximum atomic E-state index is 14.4. The molecule has 0 aromatic heterocycles. The van der Waals surface area contributed by atoms with Crippen LogP contribution in [-0.2, 0) is 19.7 Å². The van der Waals surface area contributed by atoms with Crippen molar-refractivity contribution in [2.24, 2.45) is 0 Å². The van der Waals surface area contributed by atoms with Crippen LogP contribution in [0.4, 0.5) is 8.78 Å². The number of esters is 1. The molecule has 5 rings (SSSR count). The average Bonchev–Trinajstić information content (AvgIpc) is 3.23. The highest BCUT2D eigenvalue weighted by Gasteiger charge is 2.58. The molecule has 7 heteroatoms. The van der Waals surface area contributed by atoms with E-state index in [2.05, 4.69) is 5.32 Å². The Kier molecular flexibility index (Phi) is 3.37. The van der Waals surface area contributed by atoms with Crippen molar-refractivity contribution in [1.29, 1.82) is 0 Å². The Balaban J connectivity index is 1.54. The molecule has 3 heterocycles. The first kappa shape index (κ1) is 16.6. The van der Waals surface area contributed by atoms with Gasteiger partial charge >= 0.3 is 5.97 Å². The molecule has 27 heavy (non-hydrogen) atoms. The Labute approximate surface area is 154 Å². The number of hydrogen-bond acceptors (Lipinski definition) is 4. The zero-order valence-corrected chi connectivity index (χ0v) is 14.6. The number of carbonyl (C=O) groups excluding carboxylic acids is 2. The Morgan fingerprint density at radius 2 is 2.04 bits per heavy atom. The van der Waals surface area contributed by atoms with Gasteiger partial charge in [-0.2, -0.15) is 0 Å². The molecule has 1 N–H and O–H groups in total. The van der Waals surface area contributed by atoms with Crippen LogP contribution in [0.1, 0.15) is 24.8 Å². The van der Waals surface area contributed by atoms with Gasteiger partial charge < -0.3 is 15.0 Å². The van der Waals surface area contributed by atoms with Crippen LogP contribution in [0.25, 0.3) is 0 Å². The minimum Gasteiger partial charge on any atom is -0.448 e. The summed E-state index contributed by atoms with van der Waals surface area (Å²) >= 11 is 0. The summed E-state index contributed by atoms with van der Waals surface area (Å²) < 4.78 is 33.3. The summed E-state index contributed by atoms with van der Waals surface area (Å²) in [6.07, 6.45) is 5.28. The summed E-state index contributed by atoms with van der Waals surface area (Å²) in [6.45, 7) is 1.49. The van der Waals surface area contributed by atoms with E-state index in [-0.39, 0.29) is 23.7 Å². The number of benzene rings is 1. The first-order valence-electron chi connectivity index (χ1n) is 9.10. The molecule has 2 fully saturated rings. The number of nitrogens with one attached hydrogen (secondary N) is 1. The lowest BCUT2D eigenvalue weighted by Crippen LogP contribution is -2.42. The van der Waals surface area contributed by atoms with Gasteiger partial charge in [0.1, 0.15) is 17.3 Å². The van der Waals surface area contributed by atoms with E-state index in [0.29, 0.717) is 31.4 Å². The van der Waals surface area contributed by atoms with Crippen LogP contribution in [0.2, 0.25) is 0 Å². The fourth-order valence-corrected chi connectivity index (χ4v) is 4.49. The summed E-state index contributed by atoms with van der Waals surface area (Å²) in [7, 11) is 0. The Hall–Kier alpha value is -2.54. The van der Waals surface area contributed by atoms with Gasteiger partial charge in [-0.25, -0.2) is 13.6 Å². The largest absolute Gasteiger partial charge is 0.448 e. The van der Waals surface area contributed by atoms with Crippen LogP contribution in [0.3, 0.4) is 0 Å². The van der Waals surface area contributed by atoms with Gasteiger partial charge in [0.05, 0.1) is 5.41 Å². The van der Waals surface area contributed by atoms with Crippen LogP contribution in [0.5, 0.6) is 0 Å². The van der Waals surface area contributed by atoms with Crippen LogP contribution in [-0.4, -0.2) is 42.0 Å². The normalized spacial score (nSPS) is 27.9. The van der Waals surface area contributed by atoms with E-state index in [4.69, 9.17) is 4.74 Å². The smallest absolute Gasteiger partial charge is 0.356 e. The Bertz CT molecular complexity index is 927. The molecule has 1 amide bonds. The van der Waals surface area contributed by atoms with Gasteiger partial charge in [0.15, 0.2) is 5.60 Å². The number of hydrogen-bond donors (Lipinski definition) is 1. The molecule has 1 spiro atoms. The van der Waals surface area contributed by atoms with E-state index in [1.807, 2.05) is 12.2 Å². The first-order valence-corrected chi connectivity index (χ1v) is 9.10.